The number of rotatable bonds is 5. The van der Waals surface area contributed by atoms with Gasteiger partial charge in [0.25, 0.3) is 15.9 Å². The highest BCUT2D eigenvalue weighted by Crippen LogP contribution is 2.24. The van der Waals surface area contributed by atoms with E-state index in [1.165, 1.54) is 41.8 Å². The third kappa shape index (κ3) is 3.98. The summed E-state index contributed by atoms with van der Waals surface area (Å²) in [6, 6.07) is 13.1. The molecule has 2 aromatic heterocycles. The van der Waals surface area contributed by atoms with Gasteiger partial charge in [0.05, 0.1) is 4.90 Å². The van der Waals surface area contributed by atoms with E-state index in [9.17, 15) is 13.2 Å². The van der Waals surface area contributed by atoms with Crippen LogP contribution in [0.25, 0.3) is 10.9 Å². The van der Waals surface area contributed by atoms with E-state index in [1.54, 1.807) is 35.2 Å². The molecule has 4 aromatic rings. The fraction of sp³-hybridized carbons (Fsp3) is 0.0526. The van der Waals surface area contributed by atoms with E-state index in [2.05, 4.69) is 15.0 Å². The first-order valence-corrected chi connectivity index (χ1v) is 11.2. The van der Waals surface area contributed by atoms with Crippen molar-refractivity contribution in [3.05, 3.63) is 70.8 Å². The molecule has 0 saturated heterocycles. The summed E-state index contributed by atoms with van der Waals surface area (Å²) in [7, 11) is -1.94. The molecule has 7 nitrogen and oxygen atoms in total. The van der Waals surface area contributed by atoms with Crippen LogP contribution < -0.4 is 10.0 Å². The summed E-state index contributed by atoms with van der Waals surface area (Å²) in [5.74, 6) is -0.309. The van der Waals surface area contributed by atoms with Gasteiger partial charge in [-0.1, -0.05) is 11.6 Å². The van der Waals surface area contributed by atoms with Crippen LogP contribution in [0.3, 0.4) is 0 Å². The minimum Gasteiger partial charge on any atom is -0.340 e. The number of anilines is 2. The van der Waals surface area contributed by atoms with E-state index >= 15 is 0 Å². The van der Waals surface area contributed by atoms with Gasteiger partial charge in [0.1, 0.15) is 5.69 Å². The Balaban J connectivity index is 1.53. The van der Waals surface area contributed by atoms with Gasteiger partial charge in [0.2, 0.25) is 0 Å². The van der Waals surface area contributed by atoms with Gasteiger partial charge in [-0.3, -0.25) is 9.52 Å². The molecule has 1 amide bonds. The van der Waals surface area contributed by atoms with Crippen LogP contribution in [0.4, 0.5) is 10.8 Å². The van der Waals surface area contributed by atoms with Gasteiger partial charge < -0.3 is 9.88 Å². The number of hydrogen-bond acceptors (Lipinski definition) is 5. The number of fused-ring (bicyclic) bond motifs is 1. The van der Waals surface area contributed by atoms with E-state index in [0.717, 1.165) is 10.9 Å². The van der Waals surface area contributed by atoms with Gasteiger partial charge >= 0.3 is 0 Å². The molecule has 29 heavy (non-hydrogen) atoms. The summed E-state index contributed by atoms with van der Waals surface area (Å²) in [5.41, 5.74) is 1.82. The molecule has 0 aliphatic rings. The van der Waals surface area contributed by atoms with E-state index in [1.807, 2.05) is 6.07 Å². The van der Waals surface area contributed by atoms with Crippen molar-refractivity contribution in [2.45, 2.75) is 4.90 Å². The molecule has 4 rings (SSSR count). The van der Waals surface area contributed by atoms with E-state index in [4.69, 9.17) is 11.6 Å². The summed E-state index contributed by atoms with van der Waals surface area (Å²) in [6.45, 7) is 0. The van der Waals surface area contributed by atoms with E-state index < -0.39 is 10.0 Å². The molecule has 0 aliphatic carbocycles. The Morgan fingerprint density at radius 2 is 1.90 bits per heavy atom. The molecule has 2 aromatic carbocycles. The Bertz CT molecular complexity index is 1300. The Labute approximate surface area is 176 Å². The third-order valence-electron chi connectivity index (χ3n) is 4.31. The zero-order chi connectivity index (χ0) is 20.6. The average molecular weight is 447 g/mol. The number of nitrogens with one attached hydrogen (secondary N) is 2. The summed E-state index contributed by atoms with van der Waals surface area (Å²) in [4.78, 5) is 16.7. The number of amides is 1. The van der Waals surface area contributed by atoms with Crippen molar-refractivity contribution in [1.82, 2.24) is 9.55 Å². The number of nitrogens with zero attached hydrogens (tertiary/aromatic N) is 2. The highest BCUT2D eigenvalue weighted by Gasteiger charge is 2.17. The van der Waals surface area contributed by atoms with Crippen molar-refractivity contribution >= 4 is 60.6 Å². The summed E-state index contributed by atoms with van der Waals surface area (Å²) in [5, 5.41) is 6.21. The molecule has 0 radical (unpaired) electrons. The number of aryl methyl sites for hydroxylation is 1. The smallest absolute Gasteiger partial charge is 0.272 e. The van der Waals surface area contributed by atoms with Crippen molar-refractivity contribution in [2.24, 2.45) is 7.05 Å². The third-order valence-corrected chi connectivity index (χ3v) is 6.72. The molecular formula is C19H15ClN4O3S2. The Morgan fingerprint density at radius 1 is 1.14 bits per heavy atom. The minimum absolute atomic E-state index is 0.0740. The highest BCUT2D eigenvalue weighted by molar-refractivity contribution is 7.93. The number of carbonyl (C=O) groups is 1. The zero-order valence-electron chi connectivity index (χ0n) is 15.1. The first kappa shape index (κ1) is 19.4. The molecule has 148 valence electrons. The Morgan fingerprint density at radius 3 is 2.59 bits per heavy atom. The van der Waals surface area contributed by atoms with Gasteiger partial charge in [-0.15, -0.1) is 11.3 Å². The standard InChI is InChI=1S/C19H15ClN4O3S2/c1-24-16-7-2-13(20)10-12(16)11-17(24)18(25)22-14-3-5-15(6-4-14)29(26,27)23-19-21-8-9-28-19/h2-11H,1H3,(H,21,23)(H,22,25). The van der Waals surface area contributed by atoms with Crippen LogP contribution in [-0.2, 0) is 17.1 Å². The SMILES string of the molecule is Cn1c(C(=O)Nc2ccc(S(=O)(=O)Nc3nccs3)cc2)cc2cc(Cl)ccc21. The number of hydrogen-bond donors (Lipinski definition) is 2. The molecule has 0 saturated carbocycles. The van der Waals surface area contributed by atoms with Crippen molar-refractivity contribution in [2.75, 3.05) is 10.0 Å². The van der Waals surface area contributed by atoms with Crippen LogP contribution in [0.5, 0.6) is 0 Å². The second-order valence-electron chi connectivity index (χ2n) is 6.21. The van der Waals surface area contributed by atoms with Crippen molar-refractivity contribution < 1.29 is 13.2 Å². The molecule has 2 N–H and O–H groups in total. The fourth-order valence-electron chi connectivity index (χ4n) is 2.90. The number of aromatic nitrogens is 2. The molecule has 10 heteroatoms. The maximum atomic E-state index is 12.7. The number of halogens is 1. The molecule has 0 unspecified atom stereocenters. The van der Waals surface area contributed by atoms with Crippen molar-refractivity contribution in [1.29, 1.82) is 0 Å². The zero-order valence-corrected chi connectivity index (χ0v) is 17.5. The van der Waals surface area contributed by atoms with Crippen LogP contribution in [0, 0.1) is 0 Å². The molecule has 0 aliphatic heterocycles. The molecule has 0 fully saturated rings. The topological polar surface area (TPSA) is 93.1 Å². The number of thiazole rings is 1. The predicted octanol–water partition coefficient (Wildman–Crippen LogP) is 4.34. The van der Waals surface area contributed by atoms with E-state index in [-0.39, 0.29) is 10.8 Å². The van der Waals surface area contributed by atoms with Gasteiger partial charge in [0, 0.05) is 40.2 Å². The van der Waals surface area contributed by atoms with Gasteiger partial charge in [-0.25, -0.2) is 13.4 Å². The molecule has 0 spiro atoms. The lowest BCUT2D eigenvalue weighted by molar-refractivity contribution is 0.101. The summed E-state index contributed by atoms with van der Waals surface area (Å²) < 4.78 is 28.9. The summed E-state index contributed by atoms with van der Waals surface area (Å²) in [6.07, 6.45) is 1.52. The lowest BCUT2D eigenvalue weighted by Gasteiger charge is -2.08. The van der Waals surface area contributed by atoms with Gasteiger partial charge in [-0.2, -0.15) is 0 Å². The second kappa shape index (κ2) is 7.51. The normalized spacial score (nSPS) is 11.5. The predicted molar refractivity (Wildman–Crippen MR) is 115 cm³/mol. The maximum Gasteiger partial charge on any atom is 0.272 e. The first-order valence-electron chi connectivity index (χ1n) is 8.42. The van der Waals surface area contributed by atoms with Gasteiger partial charge in [-0.05, 0) is 48.5 Å². The van der Waals surface area contributed by atoms with Crippen LogP contribution in [0.1, 0.15) is 10.5 Å². The van der Waals surface area contributed by atoms with Crippen LogP contribution in [-0.4, -0.2) is 23.9 Å². The monoisotopic (exact) mass is 446 g/mol. The van der Waals surface area contributed by atoms with Crippen molar-refractivity contribution in [3.8, 4) is 0 Å². The average Bonchev–Trinajstić information content (AvgIpc) is 3.29. The Kier molecular flexibility index (Phi) is 5.03. The number of carbonyl (C=O) groups excluding carboxylic acids is 1. The molecule has 0 atom stereocenters. The summed E-state index contributed by atoms with van der Waals surface area (Å²) >= 11 is 7.21. The molecular weight excluding hydrogens is 432 g/mol. The van der Waals surface area contributed by atoms with Crippen molar-refractivity contribution in [3.63, 3.8) is 0 Å². The number of benzene rings is 2. The lowest BCUT2D eigenvalue weighted by Crippen LogP contribution is -2.16. The first-order chi connectivity index (χ1) is 13.8. The highest BCUT2D eigenvalue weighted by atomic mass is 35.5. The maximum absolute atomic E-state index is 12.7. The van der Waals surface area contributed by atoms with Crippen LogP contribution >= 0.6 is 22.9 Å². The van der Waals surface area contributed by atoms with Gasteiger partial charge in [0.15, 0.2) is 5.13 Å². The fourth-order valence-corrected chi connectivity index (χ4v) is 4.87. The second-order valence-corrected chi connectivity index (χ2v) is 9.23. The molecule has 2 heterocycles. The van der Waals surface area contributed by atoms with Crippen LogP contribution in [0.2, 0.25) is 5.02 Å². The quantitative estimate of drug-likeness (QED) is 0.476. The van der Waals surface area contributed by atoms with Crippen LogP contribution in [0.15, 0.2) is 65.0 Å². The van der Waals surface area contributed by atoms with E-state index in [0.29, 0.717) is 21.5 Å². The Hall–Kier alpha value is -2.88. The largest absolute Gasteiger partial charge is 0.340 e. The number of sulfonamides is 1. The minimum atomic E-state index is -3.74. The lowest BCUT2D eigenvalue weighted by atomic mass is 10.2. The molecule has 0 bridgehead atoms.